The lowest BCUT2D eigenvalue weighted by Crippen LogP contribution is -2.28. The lowest BCUT2D eigenvalue weighted by molar-refractivity contribution is 0.0587. The van der Waals surface area contributed by atoms with Gasteiger partial charge in [-0.25, -0.2) is 4.98 Å². The minimum Gasteiger partial charge on any atom is -0.391 e. The molecule has 1 atom stereocenters. The van der Waals surface area contributed by atoms with E-state index >= 15 is 0 Å². The molecule has 0 aromatic carbocycles. The van der Waals surface area contributed by atoms with Gasteiger partial charge in [0.05, 0.1) is 24.0 Å². The predicted octanol–water partition coefficient (Wildman–Crippen LogP) is 0.404. The minimum atomic E-state index is -0.573. The summed E-state index contributed by atoms with van der Waals surface area (Å²) in [4.78, 5) is 16.3. The van der Waals surface area contributed by atoms with Crippen LogP contribution in [0.4, 0.5) is 0 Å². The first kappa shape index (κ1) is 15.4. The first-order valence-electron chi connectivity index (χ1n) is 6.77. The van der Waals surface area contributed by atoms with E-state index in [9.17, 15) is 9.90 Å². The third kappa shape index (κ3) is 3.56. The lowest BCUT2D eigenvalue weighted by atomic mass is 10.2. The molecule has 0 aliphatic heterocycles. The number of methoxy groups -OCH3 is 1. The zero-order chi connectivity index (χ0) is 15.4. The number of carbonyl (C=O) groups is 1. The van der Waals surface area contributed by atoms with Gasteiger partial charge in [-0.3, -0.25) is 9.48 Å². The van der Waals surface area contributed by atoms with Crippen LogP contribution >= 0.6 is 0 Å². The second-order valence-corrected chi connectivity index (χ2v) is 4.96. The van der Waals surface area contributed by atoms with Gasteiger partial charge >= 0.3 is 0 Å². The van der Waals surface area contributed by atoms with Gasteiger partial charge in [0.1, 0.15) is 0 Å². The zero-order valence-electron chi connectivity index (χ0n) is 12.5. The molecule has 1 amide bonds. The Labute approximate surface area is 122 Å². The van der Waals surface area contributed by atoms with E-state index in [1.165, 1.54) is 13.3 Å². The molecule has 2 aromatic heterocycles. The number of aryl methyl sites for hydroxylation is 2. The third-order valence-electron chi connectivity index (χ3n) is 3.25. The van der Waals surface area contributed by atoms with E-state index in [0.29, 0.717) is 18.5 Å². The van der Waals surface area contributed by atoms with Crippen LogP contribution in [0, 0.1) is 6.92 Å². The number of aliphatic hydroxyl groups excluding tert-OH is 1. The number of pyridine rings is 1. The number of fused-ring (bicyclic) bond motifs is 1. The van der Waals surface area contributed by atoms with Gasteiger partial charge in [0.25, 0.3) is 5.91 Å². The SMILES string of the molecule is COCC(O)CCNC(=O)c1cnc2c(c1)c(C)nn2C. The molecule has 7 nitrogen and oxygen atoms in total. The van der Waals surface area contributed by atoms with Crippen LogP contribution in [0.2, 0.25) is 0 Å². The van der Waals surface area contributed by atoms with Crippen LogP contribution in [0.25, 0.3) is 11.0 Å². The average molecular weight is 292 g/mol. The number of aliphatic hydroxyl groups is 1. The van der Waals surface area contributed by atoms with Crippen molar-refractivity contribution in [1.29, 1.82) is 0 Å². The molecule has 114 valence electrons. The number of aromatic nitrogens is 3. The lowest BCUT2D eigenvalue weighted by Gasteiger charge is -2.10. The number of hydrogen-bond donors (Lipinski definition) is 2. The van der Waals surface area contributed by atoms with Crippen molar-refractivity contribution in [2.45, 2.75) is 19.4 Å². The van der Waals surface area contributed by atoms with Gasteiger partial charge < -0.3 is 15.2 Å². The van der Waals surface area contributed by atoms with E-state index in [4.69, 9.17) is 4.74 Å². The molecule has 0 bridgehead atoms. The topological polar surface area (TPSA) is 89.3 Å². The smallest absolute Gasteiger partial charge is 0.252 e. The monoisotopic (exact) mass is 292 g/mol. The molecule has 0 radical (unpaired) electrons. The molecule has 7 heteroatoms. The Balaban J connectivity index is 2.01. The molecule has 0 fully saturated rings. The molecule has 1 unspecified atom stereocenters. The molecular weight excluding hydrogens is 272 g/mol. The number of nitrogens with one attached hydrogen (secondary N) is 1. The van der Waals surface area contributed by atoms with Gasteiger partial charge in [-0.2, -0.15) is 5.10 Å². The highest BCUT2D eigenvalue weighted by Crippen LogP contribution is 2.16. The molecule has 2 rings (SSSR count). The third-order valence-corrected chi connectivity index (χ3v) is 3.25. The number of nitrogens with zero attached hydrogens (tertiary/aromatic N) is 3. The van der Waals surface area contributed by atoms with Crippen molar-refractivity contribution in [2.75, 3.05) is 20.3 Å². The van der Waals surface area contributed by atoms with Gasteiger partial charge in [0, 0.05) is 32.3 Å². The Morgan fingerprint density at radius 3 is 3.05 bits per heavy atom. The fourth-order valence-corrected chi connectivity index (χ4v) is 2.16. The van der Waals surface area contributed by atoms with Gasteiger partial charge in [0.2, 0.25) is 0 Å². The fourth-order valence-electron chi connectivity index (χ4n) is 2.16. The molecule has 21 heavy (non-hydrogen) atoms. The predicted molar refractivity (Wildman–Crippen MR) is 78.1 cm³/mol. The Morgan fingerprint density at radius 1 is 1.57 bits per heavy atom. The van der Waals surface area contributed by atoms with Gasteiger partial charge in [-0.05, 0) is 19.4 Å². The minimum absolute atomic E-state index is 0.211. The van der Waals surface area contributed by atoms with E-state index in [1.54, 1.807) is 10.7 Å². The van der Waals surface area contributed by atoms with Crippen LogP contribution in [0.3, 0.4) is 0 Å². The summed E-state index contributed by atoms with van der Waals surface area (Å²) in [5, 5.41) is 17.4. The summed E-state index contributed by atoms with van der Waals surface area (Å²) < 4.78 is 6.52. The Hall–Kier alpha value is -1.99. The summed E-state index contributed by atoms with van der Waals surface area (Å²) in [7, 11) is 3.35. The Morgan fingerprint density at radius 2 is 2.33 bits per heavy atom. The highest BCUT2D eigenvalue weighted by molar-refractivity contribution is 5.97. The first-order valence-corrected chi connectivity index (χ1v) is 6.77. The maximum atomic E-state index is 12.1. The summed E-state index contributed by atoms with van der Waals surface area (Å²) in [5.74, 6) is -0.211. The van der Waals surface area contributed by atoms with Crippen molar-refractivity contribution in [2.24, 2.45) is 7.05 Å². The number of rotatable bonds is 6. The summed E-state index contributed by atoms with van der Waals surface area (Å²) in [6, 6.07) is 1.78. The molecule has 0 aliphatic rings. The molecule has 2 heterocycles. The molecule has 0 saturated carbocycles. The fraction of sp³-hybridized carbons (Fsp3) is 0.500. The van der Waals surface area contributed by atoms with Crippen LogP contribution in [0.1, 0.15) is 22.5 Å². The van der Waals surface area contributed by atoms with Crippen LogP contribution in [0.15, 0.2) is 12.3 Å². The van der Waals surface area contributed by atoms with Gasteiger partial charge in [-0.15, -0.1) is 0 Å². The van der Waals surface area contributed by atoms with E-state index in [1.807, 2.05) is 14.0 Å². The number of amides is 1. The number of carbonyl (C=O) groups excluding carboxylic acids is 1. The Bertz CT molecular complexity index is 638. The van der Waals surface area contributed by atoms with Crippen molar-refractivity contribution in [3.05, 3.63) is 23.5 Å². The molecule has 0 saturated heterocycles. The summed E-state index contributed by atoms with van der Waals surface area (Å²) in [6.07, 6.45) is 1.41. The second kappa shape index (κ2) is 6.64. The molecule has 2 aromatic rings. The maximum absolute atomic E-state index is 12.1. The van der Waals surface area contributed by atoms with E-state index in [2.05, 4.69) is 15.4 Å². The van der Waals surface area contributed by atoms with Gasteiger partial charge in [0.15, 0.2) is 5.65 Å². The van der Waals surface area contributed by atoms with Crippen molar-refractivity contribution in [3.8, 4) is 0 Å². The van der Waals surface area contributed by atoms with Crippen LogP contribution < -0.4 is 5.32 Å². The summed E-state index contributed by atoms with van der Waals surface area (Å²) >= 11 is 0. The van der Waals surface area contributed by atoms with Crippen molar-refractivity contribution in [3.63, 3.8) is 0 Å². The molecule has 0 spiro atoms. The zero-order valence-corrected chi connectivity index (χ0v) is 12.5. The van der Waals surface area contributed by atoms with Crippen LogP contribution in [-0.4, -0.2) is 52.1 Å². The standard InChI is InChI=1S/C14H20N4O3/c1-9-12-6-10(7-16-13(12)18(2)17-9)14(20)15-5-4-11(19)8-21-3/h6-7,11,19H,4-5,8H2,1-3H3,(H,15,20). The summed E-state index contributed by atoms with van der Waals surface area (Å²) in [5.41, 5.74) is 2.07. The highest BCUT2D eigenvalue weighted by atomic mass is 16.5. The number of hydrogen-bond acceptors (Lipinski definition) is 5. The van der Waals surface area contributed by atoms with Crippen molar-refractivity contribution >= 4 is 16.9 Å². The normalized spacial score (nSPS) is 12.6. The maximum Gasteiger partial charge on any atom is 0.252 e. The highest BCUT2D eigenvalue weighted by Gasteiger charge is 2.12. The average Bonchev–Trinajstić information content (AvgIpc) is 2.74. The van der Waals surface area contributed by atoms with Crippen LogP contribution in [-0.2, 0) is 11.8 Å². The van der Waals surface area contributed by atoms with Crippen molar-refractivity contribution < 1.29 is 14.6 Å². The van der Waals surface area contributed by atoms with E-state index < -0.39 is 6.10 Å². The first-order chi connectivity index (χ1) is 10.0. The molecule has 0 aliphatic carbocycles. The van der Waals surface area contributed by atoms with E-state index in [0.717, 1.165) is 16.7 Å². The van der Waals surface area contributed by atoms with Crippen molar-refractivity contribution in [1.82, 2.24) is 20.1 Å². The number of ether oxygens (including phenoxy) is 1. The van der Waals surface area contributed by atoms with Crippen LogP contribution in [0.5, 0.6) is 0 Å². The second-order valence-electron chi connectivity index (χ2n) is 4.96. The molecular formula is C14H20N4O3. The molecule has 2 N–H and O–H groups in total. The van der Waals surface area contributed by atoms with Gasteiger partial charge in [-0.1, -0.05) is 0 Å². The largest absolute Gasteiger partial charge is 0.391 e. The van der Waals surface area contributed by atoms with E-state index in [-0.39, 0.29) is 12.5 Å². The summed E-state index contributed by atoms with van der Waals surface area (Å²) in [6.45, 7) is 2.53. The Kier molecular flexibility index (Phi) is 4.87. The quantitative estimate of drug-likeness (QED) is 0.804.